The van der Waals surface area contributed by atoms with Crippen molar-refractivity contribution in [1.29, 1.82) is 0 Å². The Morgan fingerprint density at radius 2 is 1.76 bits per heavy atom. The van der Waals surface area contributed by atoms with Gasteiger partial charge in [-0.15, -0.1) is 0 Å². The molecule has 1 N–H and O–H groups in total. The van der Waals surface area contributed by atoms with E-state index in [4.69, 9.17) is 0 Å². The Balaban J connectivity index is 2.71. The van der Waals surface area contributed by atoms with Crippen molar-refractivity contribution >= 4 is 16.7 Å². The molecule has 1 heterocycles. The molecular weight excluding hydrogens is 283 g/mol. The van der Waals surface area contributed by atoms with E-state index in [0.717, 1.165) is 12.1 Å². The minimum absolute atomic E-state index is 0.130. The van der Waals surface area contributed by atoms with Crippen molar-refractivity contribution in [3.63, 3.8) is 0 Å². The quantitative estimate of drug-likeness (QED) is 0.814. The van der Waals surface area contributed by atoms with Crippen LogP contribution in [0.15, 0.2) is 29.2 Å². The summed E-state index contributed by atoms with van der Waals surface area (Å²) in [5.74, 6) is -0.414. The van der Waals surface area contributed by atoms with Gasteiger partial charge in [-0.25, -0.2) is 0 Å². The highest BCUT2D eigenvalue weighted by Gasteiger charge is 2.31. The number of Topliss-reactive ketones (excluding diaryl/α,β-unsaturated/α-hetero) is 1. The molecule has 1 aromatic carbocycles. The molecule has 0 aliphatic heterocycles. The molecule has 3 nitrogen and oxygen atoms in total. The maximum Gasteiger partial charge on any atom is 0.416 e. The van der Waals surface area contributed by atoms with Crippen LogP contribution in [0.25, 0.3) is 10.9 Å². The number of aromatic amines is 1. The molecule has 2 aromatic rings. The van der Waals surface area contributed by atoms with E-state index in [2.05, 4.69) is 4.98 Å². The first-order valence-corrected chi connectivity index (χ1v) is 6.29. The maximum atomic E-state index is 12.7. The van der Waals surface area contributed by atoms with E-state index >= 15 is 0 Å². The number of hydrogen-bond acceptors (Lipinski definition) is 2. The first-order chi connectivity index (χ1) is 9.51. The smallest absolute Gasteiger partial charge is 0.360 e. The summed E-state index contributed by atoms with van der Waals surface area (Å²) in [5, 5.41) is -0.139. The summed E-state index contributed by atoms with van der Waals surface area (Å²) in [5.41, 5.74) is -2.26. The Labute approximate surface area is 118 Å². The first kappa shape index (κ1) is 15.3. The SMILES string of the molecule is CC(C)(C)C(=O)c1c[nH]c2ccc(C(F)(F)F)cc2c1=O. The van der Waals surface area contributed by atoms with Crippen LogP contribution >= 0.6 is 0 Å². The summed E-state index contributed by atoms with van der Waals surface area (Å²) in [6.07, 6.45) is -3.28. The molecule has 0 atom stereocenters. The number of benzene rings is 1. The van der Waals surface area contributed by atoms with E-state index in [1.165, 1.54) is 12.3 Å². The second-order valence-corrected chi connectivity index (χ2v) is 5.87. The molecule has 0 radical (unpaired) electrons. The molecular formula is C15H14F3NO2. The van der Waals surface area contributed by atoms with Gasteiger partial charge < -0.3 is 4.98 Å². The third kappa shape index (κ3) is 2.84. The van der Waals surface area contributed by atoms with Crippen LogP contribution in [0.2, 0.25) is 0 Å². The van der Waals surface area contributed by atoms with Crippen LogP contribution in [0.1, 0.15) is 36.7 Å². The minimum atomic E-state index is -4.54. The van der Waals surface area contributed by atoms with Crippen molar-refractivity contribution in [3.8, 4) is 0 Å². The van der Waals surface area contributed by atoms with Gasteiger partial charge >= 0.3 is 6.18 Å². The maximum absolute atomic E-state index is 12.7. The number of fused-ring (bicyclic) bond motifs is 1. The van der Waals surface area contributed by atoms with Gasteiger partial charge in [0, 0.05) is 22.5 Å². The zero-order valence-corrected chi connectivity index (χ0v) is 11.8. The zero-order chi connectivity index (χ0) is 16.0. The Kier molecular flexibility index (Phi) is 3.43. The van der Waals surface area contributed by atoms with Crippen molar-refractivity contribution < 1.29 is 18.0 Å². The van der Waals surface area contributed by atoms with Crippen molar-refractivity contribution in [1.82, 2.24) is 4.98 Å². The monoisotopic (exact) mass is 297 g/mol. The molecule has 6 heteroatoms. The number of ketones is 1. The van der Waals surface area contributed by atoms with Crippen LogP contribution in [0.4, 0.5) is 13.2 Å². The number of hydrogen-bond donors (Lipinski definition) is 1. The van der Waals surface area contributed by atoms with Crippen LogP contribution in [-0.2, 0) is 6.18 Å². The molecule has 0 fully saturated rings. The van der Waals surface area contributed by atoms with Crippen LogP contribution in [0.3, 0.4) is 0 Å². The van der Waals surface area contributed by atoms with Crippen LogP contribution in [-0.4, -0.2) is 10.8 Å². The summed E-state index contributed by atoms with van der Waals surface area (Å²) in [6.45, 7) is 4.93. The number of pyridine rings is 1. The van der Waals surface area contributed by atoms with Gasteiger partial charge in [-0.05, 0) is 18.2 Å². The predicted molar refractivity (Wildman–Crippen MR) is 73.4 cm³/mol. The summed E-state index contributed by atoms with van der Waals surface area (Å²) in [4.78, 5) is 27.2. The zero-order valence-electron chi connectivity index (χ0n) is 11.8. The molecule has 0 saturated heterocycles. The fourth-order valence-corrected chi connectivity index (χ4v) is 1.97. The van der Waals surface area contributed by atoms with Gasteiger partial charge in [-0.2, -0.15) is 13.2 Å². The number of rotatable bonds is 1. The van der Waals surface area contributed by atoms with Gasteiger partial charge in [0.05, 0.1) is 11.1 Å². The van der Waals surface area contributed by atoms with Gasteiger partial charge in [-0.3, -0.25) is 9.59 Å². The van der Waals surface area contributed by atoms with E-state index < -0.39 is 28.4 Å². The lowest BCUT2D eigenvalue weighted by molar-refractivity contribution is -0.137. The molecule has 21 heavy (non-hydrogen) atoms. The molecule has 112 valence electrons. The van der Waals surface area contributed by atoms with Crippen molar-refractivity contribution in [2.45, 2.75) is 26.9 Å². The number of H-pyrrole nitrogens is 1. The first-order valence-electron chi connectivity index (χ1n) is 6.29. The third-order valence-corrected chi connectivity index (χ3v) is 3.13. The van der Waals surface area contributed by atoms with Crippen LogP contribution < -0.4 is 5.43 Å². The molecule has 0 saturated carbocycles. The summed E-state index contributed by atoms with van der Waals surface area (Å²) < 4.78 is 38.2. The second kappa shape index (κ2) is 4.72. The van der Waals surface area contributed by atoms with Crippen molar-refractivity contribution in [2.24, 2.45) is 5.41 Å². The second-order valence-electron chi connectivity index (χ2n) is 5.87. The topological polar surface area (TPSA) is 49.9 Å². The number of carbonyl (C=O) groups is 1. The van der Waals surface area contributed by atoms with E-state index in [1.807, 2.05) is 0 Å². The van der Waals surface area contributed by atoms with Gasteiger partial charge in [-0.1, -0.05) is 20.8 Å². The lowest BCUT2D eigenvalue weighted by Crippen LogP contribution is -2.26. The Bertz CT molecular complexity index is 767. The van der Waals surface area contributed by atoms with Crippen LogP contribution in [0.5, 0.6) is 0 Å². The molecule has 0 amide bonds. The number of nitrogens with one attached hydrogen (secondary N) is 1. The number of carbonyl (C=O) groups excluding carboxylic acids is 1. The normalized spacial score (nSPS) is 12.7. The predicted octanol–water partition coefficient (Wildman–Crippen LogP) is 3.78. The number of aromatic nitrogens is 1. The van der Waals surface area contributed by atoms with Gasteiger partial charge in [0.1, 0.15) is 0 Å². The fraction of sp³-hybridized carbons (Fsp3) is 0.333. The molecule has 0 aliphatic carbocycles. The number of halogens is 3. The standard InChI is InChI=1S/C15H14F3NO2/c1-14(2,3)13(21)10-7-19-11-5-4-8(15(16,17)18)6-9(11)12(10)20/h4-7H,1-3H3,(H,19,20). The lowest BCUT2D eigenvalue weighted by Gasteiger charge is -2.16. The Hall–Kier alpha value is -2.11. The van der Waals surface area contributed by atoms with Crippen LogP contribution in [0, 0.1) is 5.41 Å². The number of alkyl halides is 3. The summed E-state index contributed by atoms with van der Waals surface area (Å²) >= 11 is 0. The van der Waals surface area contributed by atoms with E-state index in [1.54, 1.807) is 20.8 Å². The van der Waals surface area contributed by atoms with E-state index in [0.29, 0.717) is 0 Å². The molecule has 2 rings (SSSR count). The van der Waals surface area contributed by atoms with Gasteiger partial charge in [0.2, 0.25) is 0 Å². The van der Waals surface area contributed by atoms with E-state index in [-0.39, 0.29) is 16.5 Å². The lowest BCUT2D eigenvalue weighted by atomic mass is 9.86. The third-order valence-electron chi connectivity index (χ3n) is 3.13. The average molecular weight is 297 g/mol. The highest BCUT2D eigenvalue weighted by molar-refractivity contribution is 6.01. The summed E-state index contributed by atoms with van der Waals surface area (Å²) in [6, 6.07) is 2.85. The Morgan fingerprint density at radius 1 is 1.14 bits per heavy atom. The highest BCUT2D eigenvalue weighted by Crippen LogP contribution is 2.30. The molecule has 0 aliphatic rings. The average Bonchev–Trinajstić information content (AvgIpc) is 2.36. The molecule has 0 spiro atoms. The minimum Gasteiger partial charge on any atom is -0.360 e. The fourth-order valence-electron chi connectivity index (χ4n) is 1.97. The summed E-state index contributed by atoms with van der Waals surface area (Å²) in [7, 11) is 0. The van der Waals surface area contributed by atoms with E-state index in [9.17, 15) is 22.8 Å². The van der Waals surface area contributed by atoms with Gasteiger partial charge in [0.15, 0.2) is 11.2 Å². The molecule has 1 aromatic heterocycles. The van der Waals surface area contributed by atoms with Crippen molar-refractivity contribution in [2.75, 3.05) is 0 Å². The van der Waals surface area contributed by atoms with Crippen molar-refractivity contribution in [3.05, 3.63) is 45.7 Å². The Morgan fingerprint density at radius 3 is 2.29 bits per heavy atom. The molecule has 0 unspecified atom stereocenters. The highest BCUT2D eigenvalue weighted by atomic mass is 19.4. The largest absolute Gasteiger partial charge is 0.416 e. The molecule has 0 bridgehead atoms. The van der Waals surface area contributed by atoms with Gasteiger partial charge in [0.25, 0.3) is 0 Å².